The van der Waals surface area contributed by atoms with Gasteiger partial charge in [0.1, 0.15) is 0 Å². The number of hydrogen-bond donors (Lipinski definition) is 2. The molecule has 1 aromatic carbocycles. The molecule has 1 rings (SSSR count). The molecule has 5 nitrogen and oxygen atoms in total. The van der Waals surface area contributed by atoms with Gasteiger partial charge in [-0.2, -0.15) is 0 Å². The van der Waals surface area contributed by atoms with Crippen LogP contribution in [0.3, 0.4) is 0 Å². The Kier molecular flexibility index (Phi) is 4.97. The average molecular weight is 270 g/mol. The zero-order chi connectivity index (χ0) is 13.7. The van der Waals surface area contributed by atoms with E-state index in [4.69, 9.17) is 17.3 Å². The molecule has 2 amide bonds. The van der Waals surface area contributed by atoms with Crippen LogP contribution in [0.2, 0.25) is 5.02 Å². The normalized spacial score (nSPS) is 9.94. The van der Waals surface area contributed by atoms with Crippen molar-refractivity contribution in [3.63, 3.8) is 0 Å². The Labute approximate surface area is 111 Å². The van der Waals surface area contributed by atoms with E-state index in [-0.39, 0.29) is 18.4 Å². The lowest BCUT2D eigenvalue weighted by Crippen LogP contribution is -2.38. The topological polar surface area (TPSA) is 75.4 Å². The van der Waals surface area contributed by atoms with Crippen LogP contribution in [0.15, 0.2) is 18.2 Å². The predicted molar refractivity (Wildman–Crippen MR) is 71.5 cm³/mol. The highest BCUT2D eigenvalue weighted by Crippen LogP contribution is 2.17. The first-order valence-electron chi connectivity index (χ1n) is 5.52. The Morgan fingerprint density at radius 3 is 2.61 bits per heavy atom. The van der Waals surface area contributed by atoms with Gasteiger partial charge in [-0.15, -0.1) is 0 Å². The molecule has 0 atom stereocenters. The summed E-state index contributed by atoms with van der Waals surface area (Å²) in [6.07, 6.45) is 0. The predicted octanol–water partition coefficient (Wildman–Crippen LogP) is 1.13. The van der Waals surface area contributed by atoms with Crippen LogP contribution < -0.4 is 11.1 Å². The van der Waals surface area contributed by atoms with Crippen LogP contribution in [0, 0.1) is 0 Å². The van der Waals surface area contributed by atoms with E-state index in [1.165, 1.54) is 17.0 Å². The van der Waals surface area contributed by atoms with Crippen molar-refractivity contribution in [2.24, 2.45) is 0 Å². The van der Waals surface area contributed by atoms with Crippen LogP contribution in [0.5, 0.6) is 0 Å². The van der Waals surface area contributed by atoms with Gasteiger partial charge in [-0.1, -0.05) is 11.6 Å². The Balaban J connectivity index is 2.77. The first-order valence-corrected chi connectivity index (χ1v) is 5.90. The molecule has 0 heterocycles. The van der Waals surface area contributed by atoms with Crippen molar-refractivity contribution < 1.29 is 9.59 Å². The van der Waals surface area contributed by atoms with Gasteiger partial charge in [0.05, 0.1) is 6.54 Å². The summed E-state index contributed by atoms with van der Waals surface area (Å²) in [6, 6.07) is 4.61. The van der Waals surface area contributed by atoms with Crippen LogP contribution in [-0.2, 0) is 4.79 Å². The van der Waals surface area contributed by atoms with Crippen LogP contribution in [0.4, 0.5) is 5.69 Å². The summed E-state index contributed by atoms with van der Waals surface area (Å²) >= 11 is 5.82. The molecule has 6 heteroatoms. The molecule has 1 aromatic rings. The van der Waals surface area contributed by atoms with E-state index in [2.05, 4.69) is 5.32 Å². The van der Waals surface area contributed by atoms with Gasteiger partial charge >= 0.3 is 0 Å². The molecule has 3 N–H and O–H groups in total. The molecule has 0 spiro atoms. The number of hydrogen-bond acceptors (Lipinski definition) is 3. The number of nitrogens with zero attached hydrogens (tertiary/aromatic N) is 1. The van der Waals surface area contributed by atoms with E-state index in [1.54, 1.807) is 13.1 Å². The quantitative estimate of drug-likeness (QED) is 0.805. The molecule has 18 heavy (non-hydrogen) atoms. The molecule has 0 aliphatic rings. The number of nitrogens with one attached hydrogen (secondary N) is 1. The summed E-state index contributed by atoms with van der Waals surface area (Å²) in [5.41, 5.74) is 6.39. The van der Waals surface area contributed by atoms with Crippen molar-refractivity contribution in [1.29, 1.82) is 0 Å². The van der Waals surface area contributed by atoms with E-state index < -0.39 is 0 Å². The third kappa shape index (κ3) is 3.92. The van der Waals surface area contributed by atoms with Gasteiger partial charge in [0.25, 0.3) is 5.91 Å². The van der Waals surface area contributed by atoms with E-state index in [9.17, 15) is 9.59 Å². The summed E-state index contributed by atoms with van der Waals surface area (Å²) in [5.74, 6) is -0.501. The van der Waals surface area contributed by atoms with Gasteiger partial charge in [0.2, 0.25) is 5.91 Å². The van der Waals surface area contributed by atoms with E-state index >= 15 is 0 Å². The van der Waals surface area contributed by atoms with E-state index in [0.717, 1.165) is 0 Å². The number of rotatable bonds is 4. The maximum Gasteiger partial charge on any atom is 0.254 e. The number of carbonyl (C=O) groups is 2. The van der Waals surface area contributed by atoms with Crippen molar-refractivity contribution in [3.05, 3.63) is 28.8 Å². The lowest BCUT2D eigenvalue weighted by Gasteiger charge is -2.17. The molecular formula is C12H16ClN3O2. The van der Waals surface area contributed by atoms with Crippen LogP contribution in [-0.4, -0.2) is 36.9 Å². The summed E-state index contributed by atoms with van der Waals surface area (Å²) in [6.45, 7) is 2.35. The summed E-state index contributed by atoms with van der Waals surface area (Å²) < 4.78 is 0. The maximum absolute atomic E-state index is 12.0. The number of anilines is 1. The highest BCUT2D eigenvalue weighted by molar-refractivity contribution is 6.31. The van der Waals surface area contributed by atoms with Crippen molar-refractivity contribution in [2.45, 2.75) is 6.92 Å². The highest BCUT2D eigenvalue weighted by atomic mass is 35.5. The molecule has 0 aliphatic carbocycles. The molecule has 0 bridgehead atoms. The van der Waals surface area contributed by atoms with Gasteiger partial charge in [-0.25, -0.2) is 0 Å². The van der Waals surface area contributed by atoms with Crippen LogP contribution in [0.1, 0.15) is 17.3 Å². The fourth-order valence-corrected chi connectivity index (χ4v) is 1.74. The average Bonchev–Trinajstić information content (AvgIpc) is 2.26. The first kappa shape index (κ1) is 14.3. The number of benzene rings is 1. The standard InChI is InChI=1S/C12H16ClN3O2/c1-3-15-11(17)7-16(2)12(18)8-4-9(13)6-10(14)5-8/h4-6H,3,7,14H2,1-2H3,(H,15,17). The Morgan fingerprint density at radius 1 is 1.39 bits per heavy atom. The molecule has 0 fully saturated rings. The Morgan fingerprint density at radius 2 is 2.06 bits per heavy atom. The monoisotopic (exact) mass is 269 g/mol. The van der Waals surface area contributed by atoms with Crippen molar-refractivity contribution >= 4 is 29.1 Å². The number of halogens is 1. The second kappa shape index (κ2) is 6.26. The molecule has 0 radical (unpaired) electrons. The minimum atomic E-state index is -0.296. The third-order valence-corrected chi connectivity index (χ3v) is 2.49. The maximum atomic E-state index is 12.0. The van der Waals surface area contributed by atoms with Crippen molar-refractivity contribution in [2.75, 3.05) is 25.9 Å². The number of nitrogens with two attached hydrogens (primary N) is 1. The third-order valence-electron chi connectivity index (χ3n) is 2.27. The lowest BCUT2D eigenvalue weighted by atomic mass is 10.2. The lowest BCUT2D eigenvalue weighted by molar-refractivity contribution is -0.121. The van der Waals surface area contributed by atoms with Crippen molar-refractivity contribution in [1.82, 2.24) is 10.2 Å². The van der Waals surface area contributed by atoms with Gasteiger partial charge in [-0.05, 0) is 25.1 Å². The Hall–Kier alpha value is -1.75. The summed E-state index contributed by atoms with van der Waals surface area (Å²) in [5, 5.41) is 3.02. The number of amides is 2. The SMILES string of the molecule is CCNC(=O)CN(C)C(=O)c1cc(N)cc(Cl)c1. The molecular weight excluding hydrogens is 254 g/mol. The minimum absolute atomic E-state index is 0.000901. The first-order chi connectivity index (χ1) is 8.43. The zero-order valence-corrected chi connectivity index (χ0v) is 11.1. The fourth-order valence-electron chi connectivity index (χ4n) is 1.50. The molecule has 98 valence electrons. The van der Waals surface area contributed by atoms with Gasteiger partial charge in [0.15, 0.2) is 0 Å². The van der Waals surface area contributed by atoms with Gasteiger partial charge in [-0.3, -0.25) is 9.59 Å². The second-order valence-corrected chi connectivity index (χ2v) is 4.32. The molecule has 0 saturated carbocycles. The highest BCUT2D eigenvalue weighted by Gasteiger charge is 2.15. The van der Waals surface area contributed by atoms with Crippen LogP contribution >= 0.6 is 11.6 Å². The van der Waals surface area contributed by atoms with E-state index in [0.29, 0.717) is 22.8 Å². The fraction of sp³-hybridized carbons (Fsp3) is 0.333. The van der Waals surface area contributed by atoms with Gasteiger partial charge in [0, 0.05) is 29.9 Å². The smallest absolute Gasteiger partial charge is 0.254 e. The number of likely N-dealkylation sites (N-methyl/N-ethyl adjacent to an activating group) is 2. The molecule has 0 aliphatic heterocycles. The van der Waals surface area contributed by atoms with Crippen LogP contribution in [0.25, 0.3) is 0 Å². The Bertz CT molecular complexity index is 442. The molecule has 0 unspecified atom stereocenters. The molecule has 0 saturated heterocycles. The van der Waals surface area contributed by atoms with Gasteiger partial charge < -0.3 is 16.0 Å². The minimum Gasteiger partial charge on any atom is -0.399 e. The molecule has 0 aromatic heterocycles. The zero-order valence-electron chi connectivity index (χ0n) is 10.4. The summed E-state index contributed by atoms with van der Waals surface area (Å²) in [7, 11) is 1.55. The van der Waals surface area contributed by atoms with E-state index in [1.807, 2.05) is 6.92 Å². The second-order valence-electron chi connectivity index (χ2n) is 3.89. The summed E-state index contributed by atoms with van der Waals surface area (Å²) in [4.78, 5) is 24.7. The van der Waals surface area contributed by atoms with Crippen molar-refractivity contribution in [3.8, 4) is 0 Å². The largest absolute Gasteiger partial charge is 0.399 e. The number of nitrogen functional groups attached to an aromatic ring is 1. The number of carbonyl (C=O) groups excluding carboxylic acids is 2.